The van der Waals surface area contributed by atoms with Gasteiger partial charge in [-0.05, 0) is 23.8 Å². The molecule has 0 radical (unpaired) electrons. The van der Waals surface area contributed by atoms with Gasteiger partial charge >= 0.3 is 5.97 Å². The first kappa shape index (κ1) is 15.3. The molecule has 0 saturated carbocycles. The summed E-state index contributed by atoms with van der Waals surface area (Å²) in [4.78, 5) is 11.6. The molecule has 0 aliphatic heterocycles. The van der Waals surface area contributed by atoms with Crippen molar-refractivity contribution in [2.75, 3.05) is 12.4 Å². The predicted molar refractivity (Wildman–Crippen MR) is 86.0 cm³/mol. The number of methoxy groups -OCH3 is 1. The van der Waals surface area contributed by atoms with Gasteiger partial charge < -0.3 is 10.1 Å². The quantitative estimate of drug-likeness (QED) is 0.678. The normalized spacial score (nSPS) is 9.64. The topological polar surface area (TPSA) is 62.1 Å². The number of nitrogens with one attached hydrogen (secondary N) is 1. The highest BCUT2D eigenvalue weighted by Crippen LogP contribution is 2.24. The average Bonchev–Trinajstić information content (AvgIpc) is 2.59. The molecule has 0 atom stereocenters. The van der Waals surface area contributed by atoms with E-state index in [2.05, 4.69) is 18.0 Å². The first-order valence-electron chi connectivity index (χ1n) is 6.75. The van der Waals surface area contributed by atoms with Gasteiger partial charge in [-0.25, -0.2) is 4.79 Å². The second-order valence-electron chi connectivity index (χ2n) is 4.68. The minimum Gasteiger partial charge on any atom is -0.465 e. The minimum atomic E-state index is -0.458. The van der Waals surface area contributed by atoms with E-state index in [9.17, 15) is 4.79 Å². The number of para-hydroxylation sites is 1. The predicted octanol–water partition coefficient (Wildman–Crippen LogP) is 3.36. The van der Waals surface area contributed by atoms with E-state index in [0.29, 0.717) is 23.2 Å². The number of hydrogen-bond acceptors (Lipinski definition) is 4. The fourth-order valence-corrected chi connectivity index (χ4v) is 2.08. The first-order valence-corrected chi connectivity index (χ1v) is 6.75. The average molecular weight is 292 g/mol. The molecule has 4 nitrogen and oxygen atoms in total. The summed E-state index contributed by atoms with van der Waals surface area (Å²) in [5.41, 5.74) is 3.39. The molecule has 0 unspecified atom stereocenters. The Labute approximate surface area is 129 Å². The highest BCUT2D eigenvalue weighted by Gasteiger charge is 2.13. The molecule has 0 heterocycles. The summed E-state index contributed by atoms with van der Waals surface area (Å²) in [6.07, 6.45) is 0. The van der Waals surface area contributed by atoms with Gasteiger partial charge in [0.2, 0.25) is 0 Å². The van der Waals surface area contributed by atoms with Crippen LogP contribution in [-0.4, -0.2) is 13.1 Å². The number of benzene rings is 2. The summed E-state index contributed by atoms with van der Waals surface area (Å²) in [5, 5.41) is 12.2. The van der Waals surface area contributed by atoms with Crippen molar-refractivity contribution in [3.63, 3.8) is 0 Å². The number of carbonyl (C=O) groups excluding carboxylic acids is 1. The van der Waals surface area contributed by atoms with Crippen molar-refractivity contribution in [1.29, 1.82) is 5.26 Å². The molecule has 1 N–H and O–H groups in total. The van der Waals surface area contributed by atoms with Gasteiger partial charge in [0.1, 0.15) is 0 Å². The summed E-state index contributed by atoms with van der Waals surface area (Å²) >= 11 is 0. The molecule has 22 heavy (non-hydrogen) atoms. The molecule has 2 aromatic carbocycles. The van der Waals surface area contributed by atoms with Gasteiger partial charge in [-0.15, -0.1) is 0 Å². The maximum absolute atomic E-state index is 11.6. The molecule has 110 valence electrons. The smallest absolute Gasteiger partial charge is 0.337 e. The van der Waals surface area contributed by atoms with Gasteiger partial charge in [-0.1, -0.05) is 36.9 Å². The lowest BCUT2D eigenvalue weighted by Crippen LogP contribution is -2.07. The van der Waals surface area contributed by atoms with E-state index in [1.807, 2.05) is 42.5 Å². The van der Waals surface area contributed by atoms with Crippen molar-refractivity contribution in [2.45, 2.75) is 6.54 Å². The fraction of sp³-hybridized carbons (Fsp3) is 0.111. The molecule has 0 aliphatic rings. The van der Waals surface area contributed by atoms with Crippen LogP contribution in [0.5, 0.6) is 0 Å². The van der Waals surface area contributed by atoms with E-state index in [1.54, 1.807) is 6.07 Å². The number of nitriles is 1. The Morgan fingerprint density at radius 3 is 2.77 bits per heavy atom. The Hall–Kier alpha value is -3.06. The van der Waals surface area contributed by atoms with Crippen LogP contribution in [0.15, 0.2) is 55.1 Å². The lowest BCUT2D eigenvalue weighted by atomic mass is 10.0. The van der Waals surface area contributed by atoms with Gasteiger partial charge in [0.05, 0.1) is 24.3 Å². The number of rotatable bonds is 5. The fourth-order valence-electron chi connectivity index (χ4n) is 2.08. The van der Waals surface area contributed by atoms with Crippen LogP contribution in [0.1, 0.15) is 16.7 Å². The van der Waals surface area contributed by atoms with E-state index < -0.39 is 5.97 Å². The van der Waals surface area contributed by atoms with Crippen LogP contribution in [0.4, 0.5) is 5.69 Å². The molecule has 0 amide bonds. The summed E-state index contributed by atoms with van der Waals surface area (Å²) < 4.78 is 4.71. The van der Waals surface area contributed by atoms with Crippen LogP contribution in [-0.2, 0) is 16.1 Å². The van der Waals surface area contributed by atoms with Crippen LogP contribution in [0.2, 0.25) is 0 Å². The van der Waals surface area contributed by atoms with Gasteiger partial charge in [0.25, 0.3) is 0 Å². The molecule has 0 fully saturated rings. The van der Waals surface area contributed by atoms with Crippen molar-refractivity contribution < 1.29 is 9.53 Å². The van der Waals surface area contributed by atoms with Crippen molar-refractivity contribution in [1.82, 2.24) is 0 Å². The van der Waals surface area contributed by atoms with E-state index in [-0.39, 0.29) is 0 Å². The number of esters is 1. The summed E-state index contributed by atoms with van der Waals surface area (Å²) in [7, 11) is 1.33. The molecule has 4 heteroatoms. The Kier molecular flexibility index (Phi) is 4.94. The van der Waals surface area contributed by atoms with Crippen LogP contribution in [0.25, 0.3) is 5.57 Å². The van der Waals surface area contributed by atoms with Crippen LogP contribution in [0.3, 0.4) is 0 Å². The SMILES string of the molecule is C=C(C(=O)OC)c1ccccc1NCc1cccc(C#N)c1. The zero-order valence-electron chi connectivity index (χ0n) is 12.3. The molecule has 0 bridgehead atoms. The van der Waals surface area contributed by atoms with Crippen LogP contribution >= 0.6 is 0 Å². The van der Waals surface area contributed by atoms with Gasteiger partial charge in [-0.3, -0.25) is 0 Å². The Morgan fingerprint density at radius 1 is 1.27 bits per heavy atom. The highest BCUT2D eigenvalue weighted by atomic mass is 16.5. The lowest BCUT2D eigenvalue weighted by molar-refractivity contribution is -0.133. The summed E-state index contributed by atoms with van der Waals surface area (Å²) in [5.74, 6) is -0.458. The van der Waals surface area contributed by atoms with Crippen LogP contribution in [0, 0.1) is 11.3 Å². The van der Waals surface area contributed by atoms with E-state index >= 15 is 0 Å². The van der Waals surface area contributed by atoms with Gasteiger partial charge in [0, 0.05) is 17.8 Å². The maximum Gasteiger partial charge on any atom is 0.337 e. The highest BCUT2D eigenvalue weighted by molar-refractivity contribution is 6.17. The molecule has 0 spiro atoms. The largest absolute Gasteiger partial charge is 0.465 e. The van der Waals surface area contributed by atoms with Crippen molar-refractivity contribution >= 4 is 17.2 Å². The summed E-state index contributed by atoms with van der Waals surface area (Å²) in [6, 6.07) is 16.9. The number of nitrogens with zero attached hydrogens (tertiary/aromatic N) is 1. The lowest BCUT2D eigenvalue weighted by Gasteiger charge is -2.13. The number of hydrogen-bond donors (Lipinski definition) is 1. The van der Waals surface area contributed by atoms with E-state index in [4.69, 9.17) is 10.00 Å². The Balaban J connectivity index is 2.18. The third kappa shape index (κ3) is 3.53. The number of ether oxygens (including phenoxy) is 1. The molecule has 2 rings (SSSR count). The van der Waals surface area contributed by atoms with Crippen molar-refractivity contribution in [3.05, 3.63) is 71.8 Å². The van der Waals surface area contributed by atoms with Gasteiger partial charge in [-0.2, -0.15) is 5.26 Å². The maximum atomic E-state index is 11.6. The zero-order chi connectivity index (χ0) is 15.9. The standard InChI is InChI=1S/C18H16N2O2/c1-13(18(21)22-2)16-8-3-4-9-17(16)20-12-15-7-5-6-14(10-15)11-19/h3-10,20H,1,12H2,2H3. The zero-order valence-corrected chi connectivity index (χ0v) is 12.3. The van der Waals surface area contributed by atoms with Crippen molar-refractivity contribution in [3.8, 4) is 6.07 Å². The van der Waals surface area contributed by atoms with E-state index in [1.165, 1.54) is 7.11 Å². The molecule has 2 aromatic rings. The molecule has 0 aromatic heterocycles. The van der Waals surface area contributed by atoms with E-state index in [0.717, 1.165) is 11.3 Å². The molecule has 0 aliphatic carbocycles. The second kappa shape index (κ2) is 7.09. The van der Waals surface area contributed by atoms with Crippen LogP contribution < -0.4 is 5.32 Å². The van der Waals surface area contributed by atoms with Crippen molar-refractivity contribution in [2.24, 2.45) is 0 Å². The number of carbonyl (C=O) groups is 1. The molecule has 0 saturated heterocycles. The monoisotopic (exact) mass is 292 g/mol. The van der Waals surface area contributed by atoms with Gasteiger partial charge in [0.15, 0.2) is 0 Å². The minimum absolute atomic E-state index is 0.302. The first-order chi connectivity index (χ1) is 10.7. The third-order valence-electron chi connectivity index (χ3n) is 3.22. The Morgan fingerprint density at radius 2 is 2.05 bits per heavy atom. The Bertz CT molecular complexity index is 745. The third-order valence-corrected chi connectivity index (χ3v) is 3.22. The molecular formula is C18H16N2O2. The molecular weight excluding hydrogens is 276 g/mol. The second-order valence-corrected chi connectivity index (χ2v) is 4.68. The number of anilines is 1. The summed E-state index contributed by atoms with van der Waals surface area (Å²) in [6.45, 7) is 4.32.